The molecule has 31 heavy (non-hydrogen) atoms. The maximum absolute atomic E-state index is 12.5. The number of benzene rings is 1. The lowest BCUT2D eigenvalue weighted by Gasteiger charge is -2.08. The van der Waals surface area contributed by atoms with Crippen molar-refractivity contribution in [3.63, 3.8) is 0 Å². The summed E-state index contributed by atoms with van der Waals surface area (Å²) in [6.07, 6.45) is 17.4. The van der Waals surface area contributed by atoms with Crippen LogP contribution in [0.5, 0.6) is 0 Å². The van der Waals surface area contributed by atoms with Crippen molar-refractivity contribution in [2.75, 3.05) is 11.9 Å². The second-order valence-corrected chi connectivity index (χ2v) is 9.25. The van der Waals surface area contributed by atoms with E-state index in [1.165, 1.54) is 77.0 Å². The topological polar surface area (TPSA) is 58.2 Å². The zero-order valence-corrected chi connectivity index (χ0v) is 19.9. The molecule has 1 aliphatic carbocycles. The summed E-state index contributed by atoms with van der Waals surface area (Å²) >= 11 is 0. The molecule has 4 heteroatoms. The molecular weight excluding hydrogens is 384 g/mol. The fraction of sp³-hybridized carbons (Fsp3) is 0.704. The van der Waals surface area contributed by atoms with Crippen LogP contribution in [0.15, 0.2) is 24.3 Å². The molecule has 1 aliphatic rings. The van der Waals surface area contributed by atoms with Gasteiger partial charge in [-0.2, -0.15) is 0 Å². The summed E-state index contributed by atoms with van der Waals surface area (Å²) in [7, 11) is 0. The van der Waals surface area contributed by atoms with E-state index in [0.29, 0.717) is 11.5 Å². The van der Waals surface area contributed by atoms with E-state index in [1.54, 1.807) is 12.1 Å². The van der Waals surface area contributed by atoms with Crippen molar-refractivity contribution in [2.45, 2.75) is 104 Å². The predicted molar refractivity (Wildman–Crippen MR) is 130 cm³/mol. The Balaban J connectivity index is 1.59. The normalized spacial score (nSPS) is 17.4. The number of hydrogen-bond acceptors (Lipinski definition) is 2. The van der Waals surface area contributed by atoms with Gasteiger partial charge in [-0.3, -0.25) is 9.59 Å². The number of rotatable bonds is 17. The van der Waals surface area contributed by atoms with Crippen LogP contribution in [-0.4, -0.2) is 18.4 Å². The molecule has 0 saturated heterocycles. The third-order valence-electron chi connectivity index (χ3n) is 6.42. The number of carbonyl (C=O) groups excluding carboxylic acids is 2. The summed E-state index contributed by atoms with van der Waals surface area (Å²) in [5.41, 5.74) is 1.43. The smallest absolute Gasteiger partial charge is 0.251 e. The number of amides is 2. The molecule has 1 aromatic carbocycles. The van der Waals surface area contributed by atoms with Gasteiger partial charge in [-0.15, -0.1) is 0 Å². The first-order chi connectivity index (χ1) is 15.2. The molecule has 174 valence electrons. The van der Waals surface area contributed by atoms with E-state index in [-0.39, 0.29) is 17.7 Å². The molecule has 2 amide bonds. The van der Waals surface area contributed by atoms with E-state index in [0.717, 1.165) is 25.1 Å². The largest absolute Gasteiger partial charge is 0.352 e. The van der Waals surface area contributed by atoms with Gasteiger partial charge in [0.05, 0.1) is 0 Å². The van der Waals surface area contributed by atoms with Crippen molar-refractivity contribution in [1.29, 1.82) is 0 Å². The Kier molecular flexibility index (Phi) is 12.3. The lowest BCUT2D eigenvalue weighted by Crippen LogP contribution is -2.24. The van der Waals surface area contributed by atoms with Crippen LogP contribution in [0.1, 0.15) is 114 Å². The third-order valence-corrected chi connectivity index (χ3v) is 6.42. The molecule has 2 atom stereocenters. The van der Waals surface area contributed by atoms with Crippen LogP contribution in [0.4, 0.5) is 5.69 Å². The summed E-state index contributed by atoms with van der Waals surface area (Å²) in [5, 5.41) is 6.02. The minimum absolute atomic E-state index is 0.0346. The molecular formula is C27H44N2O2. The fourth-order valence-electron chi connectivity index (χ4n) is 4.22. The molecule has 0 spiro atoms. The second kappa shape index (κ2) is 15.0. The molecule has 0 aliphatic heterocycles. The van der Waals surface area contributed by atoms with Gasteiger partial charge in [0.1, 0.15) is 0 Å². The van der Waals surface area contributed by atoms with Crippen molar-refractivity contribution in [3.05, 3.63) is 29.8 Å². The maximum atomic E-state index is 12.5. The molecule has 2 rings (SSSR count). The average molecular weight is 429 g/mol. The SMILES string of the molecule is CCCCCCCCNC(=O)c1ccc(NC(=O)C2CC2CCCCCCCC)cc1. The average Bonchev–Trinajstić information content (AvgIpc) is 3.56. The van der Waals surface area contributed by atoms with Gasteiger partial charge in [0.2, 0.25) is 5.91 Å². The Hall–Kier alpha value is -1.84. The zero-order valence-electron chi connectivity index (χ0n) is 19.9. The number of unbranched alkanes of at least 4 members (excludes halogenated alkanes) is 10. The quantitative estimate of drug-likeness (QED) is 0.260. The Morgan fingerprint density at radius 2 is 1.39 bits per heavy atom. The second-order valence-electron chi connectivity index (χ2n) is 9.25. The van der Waals surface area contributed by atoms with Crippen molar-refractivity contribution in [2.24, 2.45) is 11.8 Å². The highest BCUT2D eigenvalue weighted by Crippen LogP contribution is 2.43. The summed E-state index contributed by atoms with van der Waals surface area (Å²) in [5.74, 6) is 0.845. The molecule has 1 aromatic rings. The summed E-state index contributed by atoms with van der Waals surface area (Å²) in [6.45, 7) is 5.19. The number of carbonyl (C=O) groups is 2. The predicted octanol–water partition coefficient (Wildman–Crippen LogP) is 7.10. The van der Waals surface area contributed by atoms with Crippen LogP contribution in [0, 0.1) is 11.8 Å². The van der Waals surface area contributed by atoms with E-state index < -0.39 is 0 Å². The van der Waals surface area contributed by atoms with E-state index >= 15 is 0 Å². The van der Waals surface area contributed by atoms with E-state index in [1.807, 2.05) is 12.1 Å². The lowest BCUT2D eigenvalue weighted by atomic mass is 10.1. The van der Waals surface area contributed by atoms with Gasteiger partial charge in [0.15, 0.2) is 0 Å². The van der Waals surface area contributed by atoms with Crippen LogP contribution in [0.2, 0.25) is 0 Å². The van der Waals surface area contributed by atoms with Crippen molar-refractivity contribution in [1.82, 2.24) is 5.32 Å². The van der Waals surface area contributed by atoms with Crippen LogP contribution in [0.3, 0.4) is 0 Å². The molecule has 2 unspecified atom stereocenters. The minimum Gasteiger partial charge on any atom is -0.352 e. The van der Waals surface area contributed by atoms with Crippen LogP contribution < -0.4 is 10.6 Å². The van der Waals surface area contributed by atoms with Crippen molar-refractivity contribution < 1.29 is 9.59 Å². The monoisotopic (exact) mass is 428 g/mol. The molecule has 0 aromatic heterocycles. The van der Waals surface area contributed by atoms with Crippen LogP contribution in [0.25, 0.3) is 0 Å². The minimum atomic E-state index is -0.0346. The van der Waals surface area contributed by atoms with E-state index in [4.69, 9.17) is 0 Å². The third kappa shape index (κ3) is 10.3. The first-order valence-electron chi connectivity index (χ1n) is 12.8. The lowest BCUT2D eigenvalue weighted by molar-refractivity contribution is -0.117. The molecule has 4 nitrogen and oxygen atoms in total. The maximum Gasteiger partial charge on any atom is 0.251 e. The molecule has 1 saturated carbocycles. The molecule has 0 radical (unpaired) electrons. The highest BCUT2D eigenvalue weighted by atomic mass is 16.2. The Labute approximate surface area is 190 Å². The molecule has 2 N–H and O–H groups in total. The van der Waals surface area contributed by atoms with E-state index in [2.05, 4.69) is 24.5 Å². The Bertz CT molecular complexity index is 641. The Morgan fingerprint density at radius 3 is 2.03 bits per heavy atom. The molecule has 0 heterocycles. The number of hydrogen-bond donors (Lipinski definition) is 2. The van der Waals surface area contributed by atoms with Crippen LogP contribution in [-0.2, 0) is 4.79 Å². The number of anilines is 1. The highest BCUT2D eigenvalue weighted by molar-refractivity contribution is 5.97. The summed E-state index contributed by atoms with van der Waals surface area (Å²) in [6, 6.07) is 7.27. The van der Waals surface area contributed by atoms with Crippen molar-refractivity contribution in [3.8, 4) is 0 Å². The van der Waals surface area contributed by atoms with E-state index in [9.17, 15) is 9.59 Å². The molecule has 1 fully saturated rings. The first-order valence-corrected chi connectivity index (χ1v) is 12.8. The Morgan fingerprint density at radius 1 is 0.806 bits per heavy atom. The number of nitrogens with one attached hydrogen (secondary N) is 2. The van der Waals surface area contributed by atoms with Gasteiger partial charge in [0, 0.05) is 23.7 Å². The van der Waals surface area contributed by atoms with Gasteiger partial charge in [-0.1, -0.05) is 84.5 Å². The first kappa shape index (κ1) is 25.4. The van der Waals surface area contributed by atoms with Crippen molar-refractivity contribution >= 4 is 17.5 Å². The fourth-order valence-corrected chi connectivity index (χ4v) is 4.22. The molecule has 0 bridgehead atoms. The zero-order chi connectivity index (χ0) is 22.3. The standard InChI is InChI=1S/C27H44N2O2/c1-3-5-7-9-11-13-15-23-21-25(23)27(31)29-24-18-16-22(17-19-24)26(30)28-20-14-12-10-8-6-4-2/h16-19,23,25H,3-15,20-21H2,1-2H3,(H,28,30)(H,29,31). The van der Waals surface area contributed by atoms with Gasteiger partial charge in [-0.05, 0) is 49.4 Å². The van der Waals surface area contributed by atoms with Gasteiger partial charge >= 0.3 is 0 Å². The van der Waals surface area contributed by atoms with Gasteiger partial charge < -0.3 is 10.6 Å². The van der Waals surface area contributed by atoms with Crippen LogP contribution >= 0.6 is 0 Å². The summed E-state index contributed by atoms with van der Waals surface area (Å²) < 4.78 is 0. The van der Waals surface area contributed by atoms with Gasteiger partial charge in [0.25, 0.3) is 5.91 Å². The van der Waals surface area contributed by atoms with Gasteiger partial charge in [-0.25, -0.2) is 0 Å². The summed E-state index contributed by atoms with van der Waals surface area (Å²) in [4.78, 5) is 24.7. The highest BCUT2D eigenvalue weighted by Gasteiger charge is 2.42.